The van der Waals surface area contributed by atoms with Gasteiger partial charge in [0.2, 0.25) is 0 Å². The summed E-state index contributed by atoms with van der Waals surface area (Å²) in [5.74, 6) is -0.283. The fourth-order valence-corrected chi connectivity index (χ4v) is 2.67. The van der Waals surface area contributed by atoms with Crippen LogP contribution in [0.3, 0.4) is 0 Å². The Balaban J connectivity index is 2.03. The van der Waals surface area contributed by atoms with E-state index in [1.54, 1.807) is 18.3 Å². The molecule has 2 N–H and O–H groups in total. The lowest BCUT2D eigenvalue weighted by Crippen LogP contribution is -2.07. The van der Waals surface area contributed by atoms with Crippen molar-refractivity contribution in [1.82, 2.24) is 10.2 Å². The van der Waals surface area contributed by atoms with E-state index in [1.165, 1.54) is 6.07 Å². The molecule has 4 nitrogen and oxygen atoms in total. The summed E-state index contributed by atoms with van der Waals surface area (Å²) >= 11 is 0. The second-order valence-electron chi connectivity index (χ2n) is 5.19. The summed E-state index contributed by atoms with van der Waals surface area (Å²) in [6, 6.07) is 10.5. The van der Waals surface area contributed by atoms with Crippen LogP contribution in [0.25, 0.3) is 10.9 Å². The zero-order chi connectivity index (χ0) is 15.1. The normalized spacial score (nSPS) is 13.9. The van der Waals surface area contributed by atoms with Crippen LogP contribution in [0, 0.1) is 5.82 Å². The van der Waals surface area contributed by atoms with E-state index >= 15 is 0 Å². The molecule has 0 spiro atoms. The molecule has 2 aromatic carbocycles. The number of fused-ring (bicyclic) bond motifs is 3. The molecule has 4 rings (SSSR count). The summed E-state index contributed by atoms with van der Waals surface area (Å²) in [6.07, 6.45) is 3.58. The Morgan fingerprint density at radius 1 is 1.05 bits per heavy atom. The number of H-pyrrole nitrogens is 1. The number of allylic oxidation sites excluding steroid dienone is 1. The molecule has 0 saturated heterocycles. The van der Waals surface area contributed by atoms with Gasteiger partial charge in [-0.25, -0.2) is 4.39 Å². The predicted molar refractivity (Wildman–Crippen MR) is 85.5 cm³/mol. The lowest BCUT2D eigenvalue weighted by molar-refractivity contribution is 0.625. The SMILES string of the molecule is CC1=CNc2c(ccc3[nH]ncc23)C(c2ccccc2F)=N1. The minimum atomic E-state index is -0.283. The third kappa shape index (κ3) is 1.90. The van der Waals surface area contributed by atoms with Crippen molar-refractivity contribution < 1.29 is 4.39 Å². The van der Waals surface area contributed by atoms with Gasteiger partial charge in [-0.3, -0.25) is 10.1 Å². The fraction of sp³-hybridized carbons (Fsp3) is 0.0588. The zero-order valence-electron chi connectivity index (χ0n) is 11.9. The number of hydrogen-bond donors (Lipinski definition) is 2. The molecule has 22 heavy (non-hydrogen) atoms. The summed E-state index contributed by atoms with van der Waals surface area (Å²) in [7, 11) is 0. The van der Waals surface area contributed by atoms with E-state index in [2.05, 4.69) is 20.5 Å². The first-order valence-corrected chi connectivity index (χ1v) is 6.97. The molecule has 0 amide bonds. The molecule has 5 heteroatoms. The number of halogens is 1. The largest absolute Gasteiger partial charge is 0.359 e. The highest BCUT2D eigenvalue weighted by Crippen LogP contribution is 2.31. The molecule has 0 saturated carbocycles. The first kappa shape index (κ1) is 12.8. The van der Waals surface area contributed by atoms with Crippen LogP contribution in [0.5, 0.6) is 0 Å². The summed E-state index contributed by atoms with van der Waals surface area (Å²) in [4.78, 5) is 4.58. The lowest BCUT2D eigenvalue weighted by Gasteiger charge is -2.11. The Morgan fingerprint density at radius 3 is 2.77 bits per heavy atom. The van der Waals surface area contributed by atoms with E-state index in [9.17, 15) is 4.39 Å². The average Bonchev–Trinajstić information content (AvgIpc) is 2.93. The Kier molecular flexibility index (Phi) is 2.79. The van der Waals surface area contributed by atoms with Crippen LogP contribution >= 0.6 is 0 Å². The van der Waals surface area contributed by atoms with Crippen LogP contribution in [0.15, 0.2) is 59.5 Å². The van der Waals surface area contributed by atoms with Crippen molar-refractivity contribution in [3.63, 3.8) is 0 Å². The minimum Gasteiger partial charge on any atom is -0.359 e. The number of aromatic nitrogens is 2. The summed E-state index contributed by atoms with van der Waals surface area (Å²) in [5, 5.41) is 11.2. The van der Waals surface area contributed by atoms with Crippen LogP contribution in [0.2, 0.25) is 0 Å². The Labute approximate surface area is 126 Å². The van der Waals surface area contributed by atoms with Gasteiger partial charge >= 0.3 is 0 Å². The number of nitrogens with one attached hydrogen (secondary N) is 2. The topological polar surface area (TPSA) is 53.1 Å². The highest BCUT2D eigenvalue weighted by Gasteiger charge is 2.19. The number of anilines is 1. The molecule has 2 heterocycles. The molecule has 1 aliphatic heterocycles. The fourth-order valence-electron chi connectivity index (χ4n) is 2.67. The van der Waals surface area contributed by atoms with Crippen molar-refractivity contribution in [3.05, 3.63) is 71.4 Å². The minimum absolute atomic E-state index is 0.283. The van der Waals surface area contributed by atoms with Gasteiger partial charge in [0.1, 0.15) is 5.82 Å². The van der Waals surface area contributed by atoms with E-state index in [1.807, 2.05) is 31.3 Å². The first-order chi connectivity index (χ1) is 10.7. The summed E-state index contributed by atoms with van der Waals surface area (Å²) in [5.41, 5.74) is 4.55. The van der Waals surface area contributed by atoms with Gasteiger partial charge in [-0.15, -0.1) is 0 Å². The lowest BCUT2D eigenvalue weighted by atomic mass is 9.98. The van der Waals surface area contributed by atoms with Crippen molar-refractivity contribution in [2.24, 2.45) is 4.99 Å². The van der Waals surface area contributed by atoms with Gasteiger partial charge in [-0.05, 0) is 31.2 Å². The van der Waals surface area contributed by atoms with Crippen LogP contribution in [0.4, 0.5) is 10.1 Å². The van der Waals surface area contributed by atoms with Crippen molar-refractivity contribution in [2.45, 2.75) is 6.92 Å². The van der Waals surface area contributed by atoms with Crippen LogP contribution in [-0.2, 0) is 0 Å². The van der Waals surface area contributed by atoms with Crippen LogP contribution in [0.1, 0.15) is 18.1 Å². The molecule has 0 bridgehead atoms. The molecule has 0 unspecified atom stereocenters. The Morgan fingerprint density at radius 2 is 1.91 bits per heavy atom. The third-order valence-electron chi connectivity index (χ3n) is 3.72. The molecule has 3 aromatic rings. The molecule has 0 aliphatic carbocycles. The van der Waals surface area contributed by atoms with Gasteiger partial charge in [-0.1, -0.05) is 12.1 Å². The highest BCUT2D eigenvalue weighted by molar-refractivity contribution is 6.20. The number of rotatable bonds is 1. The van der Waals surface area contributed by atoms with Crippen LogP contribution in [-0.4, -0.2) is 15.9 Å². The first-order valence-electron chi connectivity index (χ1n) is 6.97. The number of benzene rings is 2. The third-order valence-corrected chi connectivity index (χ3v) is 3.72. The van der Waals surface area contributed by atoms with Gasteiger partial charge in [0.05, 0.1) is 28.8 Å². The van der Waals surface area contributed by atoms with Gasteiger partial charge < -0.3 is 5.32 Å². The van der Waals surface area contributed by atoms with E-state index in [0.29, 0.717) is 11.3 Å². The number of aromatic amines is 1. The predicted octanol–water partition coefficient (Wildman–Crippen LogP) is 3.83. The van der Waals surface area contributed by atoms with Gasteiger partial charge in [0, 0.05) is 22.7 Å². The average molecular weight is 292 g/mol. The standard InChI is InChI=1S/C17H13FN4/c1-10-8-19-16-12(6-7-15-13(16)9-20-22-15)17(21-10)11-4-2-3-5-14(11)18/h2-9,19H,1H3,(H,20,22). The number of hydrogen-bond acceptors (Lipinski definition) is 3. The van der Waals surface area contributed by atoms with Gasteiger partial charge in [0.25, 0.3) is 0 Å². The molecular formula is C17H13FN4. The zero-order valence-corrected chi connectivity index (χ0v) is 11.9. The maximum atomic E-state index is 14.2. The number of nitrogens with zero attached hydrogens (tertiary/aromatic N) is 2. The highest BCUT2D eigenvalue weighted by atomic mass is 19.1. The molecule has 0 radical (unpaired) electrons. The number of aliphatic imine (C=N–C) groups is 1. The maximum Gasteiger partial charge on any atom is 0.132 e. The Bertz CT molecular complexity index is 937. The Hall–Kier alpha value is -2.95. The van der Waals surface area contributed by atoms with Crippen molar-refractivity contribution in [3.8, 4) is 0 Å². The molecule has 1 aromatic heterocycles. The van der Waals surface area contributed by atoms with E-state index in [-0.39, 0.29) is 5.82 Å². The second-order valence-corrected chi connectivity index (χ2v) is 5.19. The smallest absolute Gasteiger partial charge is 0.132 e. The van der Waals surface area contributed by atoms with E-state index in [4.69, 9.17) is 0 Å². The van der Waals surface area contributed by atoms with Crippen LogP contribution < -0.4 is 5.32 Å². The molecule has 1 aliphatic rings. The molecular weight excluding hydrogens is 279 g/mol. The maximum absolute atomic E-state index is 14.2. The molecule has 108 valence electrons. The van der Waals surface area contributed by atoms with Crippen molar-refractivity contribution in [2.75, 3.05) is 5.32 Å². The van der Waals surface area contributed by atoms with Crippen molar-refractivity contribution in [1.29, 1.82) is 0 Å². The van der Waals surface area contributed by atoms with Gasteiger partial charge in [0.15, 0.2) is 0 Å². The van der Waals surface area contributed by atoms with Gasteiger partial charge in [-0.2, -0.15) is 5.10 Å². The molecule has 0 fully saturated rings. The van der Waals surface area contributed by atoms with Crippen molar-refractivity contribution >= 4 is 22.3 Å². The van der Waals surface area contributed by atoms with E-state index in [0.717, 1.165) is 27.9 Å². The molecule has 0 atom stereocenters. The van der Waals surface area contributed by atoms with E-state index < -0.39 is 0 Å². The second kappa shape index (κ2) is 4.80. The summed E-state index contributed by atoms with van der Waals surface area (Å²) in [6.45, 7) is 1.88. The quantitative estimate of drug-likeness (QED) is 0.716. The monoisotopic (exact) mass is 292 g/mol. The summed E-state index contributed by atoms with van der Waals surface area (Å²) < 4.78 is 14.2.